The van der Waals surface area contributed by atoms with E-state index in [1.807, 2.05) is 24.5 Å². The van der Waals surface area contributed by atoms with Gasteiger partial charge in [-0.15, -0.1) is 11.8 Å². The molecular formula is C27H28INO4S. The van der Waals surface area contributed by atoms with E-state index in [1.54, 1.807) is 27.4 Å². The van der Waals surface area contributed by atoms with Gasteiger partial charge in [-0.2, -0.15) is 0 Å². The van der Waals surface area contributed by atoms with Crippen LogP contribution in [0.4, 0.5) is 0 Å². The number of methoxy groups -OCH3 is 3. The molecule has 34 heavy (non-hydrogen) atoms. The maximum atomic E-state index is 13.1. The molecule has 1 N–H and O–H groups in total. The van der Waals surface area contributed by atoms with Crippen LogP contribution in [0.2, 0.25) is 0 Å². The highest BCUT2D eigenvalue weighted by Crippen LogP contribution is 2.50. The molecule has 0 spiro atoms. The summed E-state index contributed by atoms with van der Waals surface area (Å²) in [5.74, 6) is 1.82. The van der Waals surface area contributed by atoms with E-state index in [9.17, 15) is 4.79 Å². The lowest BCUT2D eigenvalue weighted by molar-refractivity contribution is 0.324. The van der Waals surface area contributed by atoms with E-state index in [0.717, 1.165) is 35.1 Å². The molecular weight excluding hydrogens is 561 g/mol. The molecule has 1 atom stereocenters. The quantitative estimate of drug-likeness (QED) is 0.276. The van der Waals surface area contributed by atoms with Gasteiger partial charge in [0.25, 0.3) is 0 Å². The molecule has 0 amide bonds. The van der Waals surface area contributed by atoms with E-state index in [4.69, 9.17) is 14.2 Å². The third-order valence-electron chi connectivity index (χ3n) is 6.19. The molecule has 0 fully saturated rings. The van der Waals surface area contributed by atoms with Crippen LogP contribution < -0.4 is 25.0 Å². The normalized spacial score (nSPS) is 14.6. The first-order valence-electron chi connectivity index (χ1n) is 11.0. The number of ether oxygens (including phenoxy) is 3. The van der Waals surface area contributed by atoms with Crippen LogP contribution in [0.15, 0.2) is 58.2 Å². The first-order valence-corrected chi connectivity index (χ1v) is 13.3. The lowest BCUT2D eigenvalue weighted by Crippen LogP contribution is -2.22. The number of thioether (sulfide) groups is 1. The molecule has 3 aromatic rings. The molecule has 178 valence electrons. The van der Waals surface area contributed by atoms with Gasteiger partial charge in [-0.3, -0.25) is 4.79 Å². The molecule has 3 aromatic carbocycles. The van der Waals surface area contributed by atoms with Gasteiger partial charge in [-0.25, -0.2) is 0 Å². The van der Waals surface area contributed by atoms with Gasteiger partial charge in [0.15, 0.2) is 16.9 Å². The van der Waals surface area contributed by atoms with E-state index in [0.29, 0.717) is 28.7 Å². The van der Waals surface area contributed by atoms with E-state index in [-0.39, 0.29) is 11.5 Å². The fourth-order valence-corrected chi connectivity index (χ4v) is 5.35. The molecule has 0 unspecified atom stereocenters. The predicted octanol–water partition coefficient (Wildman–Crippen LogP) is 5.84. The Labute approximate surface area is 218 Å². The van der Waals surface area contributed by atoms with Gasteiger partial charge in [0.05, 0.1) is 26.2 Å². The Kier molecular flexibility index (Phi) is 8.06. The number of hydrogen-bond acceptors (Lipinski definition) is 6. The minimum atomic E-state index is -0.00169. The van der Waals surface area contributed by atoms with Crippen molar-refractivity contribution < 1.29 is 14.2 Å². The monoisotopic (exact) mass is 589 g/mol. The van der Waals surface area contributed by atoms with Crippen molar-refractivity contribution in [3.63, 3.8) is 0 Å². The lowest BCUT2D eigenvalue weighted by Gasteiger charge is -2.20. The molecule has 0 saturated carbocycles. The van der Waals surface area contributed by atoms with E-state index in [1.165, 1.54) is 20.9 Å². The van der Waals surface area contributed by atoms with Crippen LogP contribution in [-0.4, -0.2) is 27.6 Å². The zero-order valence-corrected chi connectivity index (χ0v) is 22.7. The topological polar surface area (TPSA) is 56.8 Å². The number of rotatable bonds is 7. The van der Waals surface area contributed by atoms with Gasteiger partial charge < -0.3 is 19.5 Å². The van der Waals surface area contributed by atoms with E-state index >= 15 is 0 Å². The minimum absolute atomic E-state index is 0.00169. The summed E-state index contributed by atoms with van der Waals surface area (Å²) in [7, 11) is 4.89. The number of hydrogen-bond donors (Lipinski definition) is 1. The molecule has 0 heterocycles. The Morgan fingerprint density at radius 3 is 2.38 bits per heavy atom. The van der Waals surface area contributed by atoms with Gasteiger partial charge in [0.2, 0.25) is 5.75 Å². The highest BCUT2D eigenvalue weighted by molar-refractivity contribution is 14.1. The highest BCUT2D eigenvalue weighted by Gasteiger charge is 2.28. The Morgan fingerprint density at radius 2 is 1.74 bits per heavy atom. The average Bonchev–Trinajstić information content (AvgIpc) is 3.10. The second-order valence-corrected chi connectivity index (χ2v) is 10.2. The molecule has 0 saturated heterocycles. The van der Waals surface area contributed by atoms with Gasteiger partial charge in [-0.1, -0.05) is 18.2 Å². The molecule has 0 radical (unpaired) electrons. The summed E-state index contributed by atoms with van der Waals surface area (Å²) in [6.45, 7) is 0.712. The maximum absolute atomic E-state index is 13.1. The van der Waals surface area contributed by atoms with Crippen LogP contribution in [0, 0.1) is 3.57 Å². The lowest BCUT2D eigenvalue weighted by atomic mass is 9.95. The second-order valence-electron chi connectivity index (χ2n) is 8.06. The number of halogens is 1. The summed E-state index contributed by atoms with van der Waals surface area (Å²) in [5, 5.41) is 3.71. The summed E-state index contributed by atoms with van der Waals surface area (Å²) in [5.41, 5.74) is 5.24. The molecule has 5 nitrogen and oxygen atoms in total. The zero-order chi connectivity index (χ0) is 24.2. The number of fused-ring (bicyclic) bond motifs is 3. The summed E-state index contributed by atoms with van der Waals surface area (Å²) in [6, 6.07) is 16.3. The predicted molar refractivity (Wildman–Crippen MR) is 147 cm³/mol. The summed E-state index contributed by atoms with van der Waals surface area (Å²) >= 11 is 3.77. The van der Waals surface area contributed by atoms with Gasteiger partial charge in [0.1, 0.15) is 0 Å². The van der Waals surface area contributed by atoms with Crippen molar-refractivity contribution in [2.75, 3.05) is 27.6 Å². The van der Waals surface area contributed by atoms with E-state index in [2.05, 4.69) is 52.2 Å². The van der Waals surface area contributed by atoms with Crippen molar-refractivity contribution in [3.8, 4) is 28.4 Å². The highest BCUT2D eigenvalue weighted by atomic mass is 127. The third-order valence-corrected chi connectivity index (χ3v) is 7.68. The van der Waals surface area contributed by atoms with Crippen molar-refractivity contribution in [2.45, 2.75) is 30.3 Å². The third kappa shape index (κ3) is 4.92. The van der Waals surface area contributed by atoms with Crippen molar-refractivity contribution >= 4 is 34.4 Å². The second kappa shape index (κ2) is 11.0. The Bertz CT molecular complexity index is 1250. The number of nitrogens with one attached hydrogen (secondary N) is 1. The minimum Gasteiger partial charge on any atom is -0.493 e. The van der Waals surface area contributed by atoms with Crippen molar-refractivity contribution in [3.05, 3.63) is 79.0 Å². The first kappa shape index (κ1) is 24.9. The van der Waals surface area contributed by atoms with Crippen LogP contribution >= 0.6 is 34.4 Å². The van der Waals surface area contributed by atoms with Crippen molar-refractivity contribution in [2.24, 2.45) is 0 Å². The Balaban J connectivity index is 1.89. The molecule has 1 aliphatic rings. The van der Waals surface area contributed by atoms with Gasteiger partial charge >= 0.3 is 0 Å². The molecule has 0 aromatic heterocycles. The zero-order valence-electron chi connectivity index (χ0n) is 19.7. The smallest absolute Gasteiger partial charge is 0.203 e. The molecule has 0 bridgehead atoms. The average molecular weight is 589 g/mol. The van der Waals surface area contributed by atoms with Crippen LogP contribution in [0.1, 0.15) is 29.2 Å². The fourth-order valence-electron chi connectivity index (χ4n) is 4.52. The number of benzene rings is 2. The first-order chi connectivity index (χ1) is 16.5. The van der Waals surface area contributed by atoms with Crippen LogP contribution in [-0.2, 0) is 13.0 Å². The van der Waals surface area contributed by atoms with Crippen LogP contribution in [0.5, 0.6) is 17.2 Å². The van der Waals surface area contributed by atoms with Gasteiger partial charge in [-0.05, 0) is 94.3 Å². The van der Waals surface area contributed by atoms with Crippen LogP contribution in [0.3, 0.4) is 0 Å². The molecule has 4 rings (SSSR count). The molecule has 1 aliphatic carbocycles. The fraction of sp³-hybridized carbons (Fsp3) is 0.296. The standard InChI is InChI=1S/C27H28INO4S/c1-31-23-13-17-7-11-21(29-15-16-5-8-18(28)9-6-16)20-14-22(30)24(34-4)12-10-19(20)25(17)27(33-3)26(23)32-2/h5-6,8-10,12-14,21,29H,7,11,15H2,1-4H3/t21-/m0/s1. The number of aryl methyl sites for hydroxylation is 1. The van der Waals surface area contributed by atoms with Crippen LogP contribution in [0.25, 0.3) is 11.1 Å². The molecule has 0 aliphatic heterocycles. The summed E-state index contributed by atoms with van der Waals surface area (Å²) in [6.07, 6.45) is 3.57. The molecule has 7 heteroatoms. The van der Waals surface area contributed by atoms with Gasteiger partial charge in [0, 0.05) is 21.7 Å². The Hall–Kier alpha value is -2.23. The largest absolute Gasteiger partial charge is 0.493 e. The Morgan fingerprint density at radius 1 is 1.00 bits per heavy atom. The summed E-state index contributed by atoms with van der Waals surface area (Å²) in [4.78, 5) is 13.8. The van der Waals surface area contributed by atoms with Crippen molar-refractivity contribution in [1.29, 1.82) is 0 Å². The SMILES string of the molecule is COc1cc2c(c(OC)c1OC)-c1ccc(SC)c(=O)cc1[C@@H](NCc1ccc(I)cc1)CC2. The van der Waals surface area contributed by atoms with Crippen molar-refractivity contribution in [1.82, 2.24) is 5.32 Å². The summed E-state index contributed by atoms with van der Waals surface area (Å²) < 4.78 is 18.4. The van der Waals surface area contributed by atoms with E-state index < -0.39 is 0 Å². The maximum Gasteiger partial charge on any atom is 0.203 e.